The molecule has 0 saturated carbocycles. The van der Waals surface area contributed by atoms with Crippen LogP contribution in [0.1, 0.15) is 23.5 Å². The number of hydrogen-bond acceptors (Lipinski definition) is 1. The Morgan fingerprint density at radius 1 is 0.500 bits per heavy atom. The molecule has 1 amide bonds. The van der Waals surface area contributed by atoms with Gasteiger partial charge in [0.1, 0.15) is 0 Å². The van der Waals surface area contributed by atoms with Crippen LogP contribution in [0, 0.1) is 0 Å². The first-order chi connectivity index (χ1) is 23.8. The summed E-state index contributed by atoms with van der Waals surface area (Å²) in [7, 11) is 0. The minimum Gasteiger partial charge on any atom is -0.279 e. The van der Waals surface area contributed by atoms with Crippen LogP contribution in [0.5, 0.6) is 0 Å². The predicted octanol–water partition coefficient (Wildman–Crippen LogP) is 11.5. The number of nitrogens with zero attached hydrogens (tertiary/aromatic N) is 1. The zero-order valence-corrected chi connectivity index (χ0v) is 25.7. The molecule has 220 valence electrons. The van der Waals surface area contributed by atoms with Crippen LogP contribution in [0.25, 0.3) is 55.3 Å². The standard InChI is InChI=1S/C44H33NO/c1-44(2)35-27-15-16-28-36(35)45(43(44)46)37-29-17-26-34-38(30-18-7-3-8-19-30)39(31-20-9-4-10-21-31)40(32-22-11-5-12-23-32)41(42(34)37)33-24-13-6-14-25-33/h3-29H,1-2H3/i17D,26D,29D. The monoisotopic (exact) mass is 594 g/mol. The molecule has 0 fully saturated rings. The fraction of sp³-hybridized carbons (Fsp3) is 0.0682. The van der Waals surface area contributed by atoms with Crippen molar-refractivity contribution in [2.75, 3.05) is 4.90 Å². The molecule has 1 aliphatic heterocycles. The van der Waals surface area contributed by atoms with Crippen molar-refractivity contribution in [2.45, 2.75) is 19.3 Å². The third-order valence-electron chi connectivity index (χ3n) is 9.13. The van der Waals surface area contributed by atoms with Gasteiger partial charge in [-0.05, 0) is 75.9 Å². The molecule has 0 aliphatic carbocycles. The van der Waals surface area contributed by atoms with E-state index in [2.05, 4.69) is 24.3 Å². The molecule has 2 heteroatoms. The first-order valence-electron chi connectivity index (χ1n) is 17.1. The Balaban J connectivity index is 1.71. The maximum atomic E-state index is 14.7. The number of benzene rings is 7. The fourth-order valence-electron chi connectivity index (χ4n) is 6.99. The molecule has 0 aromatic heterocycles. The Labute approximate surface area is 274 Å². The van der Waals surface area contributed by atoms with Crippen LogP contribution in [0.15, 0.2) is 164 Å². The lowest BCUT2D eigenvalue weighted by molar-refractivity contribution is -0.121. The van der Waals surface area contributed by atoms with Crippen LogP contribution in [-0.2, 0) is 10.2 Å². The molecule has 0 spiro atoms. The molecule has 7 aromatic rings. The molecule has 0 bridgehead atoms. The Morgan fingerprint density at radius 2 is 0.935 bits per heavy atom. The SMILES string of the molecule is [2H]c1c([2H])c(N2C(=O)C(C)(C)c3ccccc32)c2c(-c3ccccc3)c(-c3ccccc3)c(-c3ccccc3)c(-c3ccccc3)c2c1[2H]. The van der Waals surface area contributed by atoms with Crippen LogP contribution < -0.4 is 4.90 Å². The summed E-state index contributed by atoms with van der Waals surface area (Å²) in [5, 5.41) is 1.14. The molecule has 0 N–H and O–H groups in total. The third-order valence-corrected chi connectivity index (χ3v) is 9.13. The Morgan fingerprint density at radius 3 is 1.48 bits per heavy atom. The summed E-state index contributed by atoms with van der Waals surface area (Å²) in [6.07, 6.45) is 0. The lowest BCUT2D eigenvalue weighted by Gasteiger charge is -2.28. The molecule has 8 rings (SSSR count). The van der Waals surface area contributed by atoms with Crippen molar-refractivity contribution in [2.24, 2.45) is 0 Å². The highest BCUT2D eigenvalue weighted by Crippen LogP contribution is 2.55. The summed E-state index contributed by atoms with van der Waals surface area (Å²) in [6, 6.07) is 47.8. The Hall–Kier alpha value is -5.73. The summed E-state index contributed by atoms with van der Waals surface area (Å²) in [6.45, 7) is 3.83. The molecule has 2 nitrogen and oxygen atoms in total. The van der Waals surface area contributed by atoms with Crippen molar-refractivity contribution in [1.29, 1.82) is 0 Å². The number of carbonyl (C=O) groups excluding carboxylic acids is 1. The number of rotatable bonds is 5. The van der Waals surface area contributed by atoms with Gasteiger partial charge in [-0.3, -0.25) is 9.69 Å². The van der Waals surface area contributed by atoms with E-state index in [1.807, 2.05) is 135 Å². The van der Waals surface area contributed by atoms with Gasteiger partial charge in [-0.2, -0.15) is 0 Å². The van der Waals surface area contributed by atoms with Gasteiger partial charge in [0, 0.05) is 10.9 Å². The van der Waals surface area contributed by atoms with Crippen molar-refractivity contribution in [3.63, 3.8) is 0 Å². The molecule has 0 saturated heterocycles. The van der Waals surface area contributed by atoms with E-state index in [0.29, 0.717) is 22.1 Å². The topological polar surface area (TPSA) is 20.3 Å². The van der Waals surface area contributed by atoms with Crippen LogP contribution in [0.3, 0.4) is 0 Å². The number of anilines is 2. The smallest absolute Gasteiger partial charge is 0.241 e. The van der Waals surface area contributed by atoms with Crippen molar-refractivity contribution < 1.29 is 8.91 Å². The summed E-state index contributed by atoms with van der Waals surface area (Å²) in [5.41, 5.74) is 8.18. The summed E-state index contributed by atoms with van der Waals surface area (Å²) in [5.74, 6) is -0.172. The van der Waals surface area contributed by atoms with Crippen molar-refractivity contribution in [1.82, 2.24) is 0 Å². The quantitative estimate of drug-likeness (QED) is 0.194. The maximum absolute atomic E-state index is 14.7. The zero-order chi connectivity index (χ0) is 33.9. The second-order valence-corrected chi connectivity index (χ2v) is 12.2. The van der Waals surface area contributed by atoms with E-state index < -0.39 is 5.41 Å². The highest BCUT2D eigenvalue weighted by atomic mass is 16.2. The van der Waals surface area contributed by atoms with Gasteiger partial charge in [0.05, 0.1) is 20.9 Å². The van der Waals surface area contributed by atoms with E-state index in [1.165, 1.54) is 0 Å². The lowest BCUT2D eigenvalue weighted by Crippen LogP contribution is -2.33. The van der Waals surface area contributed by atoms with Crippen LogP contribution in [0.4, 0.5) is 11.4 Å². The van der Waals surface area contributed by atoms with Crippen molar-refractivity contribution in [3.05, 3.63) is 169 Å². The first-order valence-corrected chi connectivity index (χ1v) is 15.6. The predicted molar refractivity (Wildman–Crippen MR) is 192 cm³/mol. The molecule has 46 heavy (non-hydrogen) atoms. The van der Waals surface area contributed by atoms with E-state index >= 15 is 0 Å². The van der Waals surface area contributed by atoms with Gasteiger partial charge in [-0.1, -0.05) is 152 Å². The molecule has 0 unspecified atom stereocenters. The minimum atomic E-state index is -0.863. The van der Waals surface area contributed by atoms with Gasteiger partial charge in [-0.25, -0.2) is 0 Å². The summed E-state index contributed by atoms with van der Waals surface area (Å²) in [4.78, 5) is 16.3. The van der Waals surface area contributed by atoms with E-state index in [9.17, 15) is 8.91 Å². The zero-order valence-electron chi connectivity index (χ0n) is 28.7. The number of hydrogen-bond donors (Lipinski definition) is 0. The normalized spacial score (nSPS) is 14.5. The molecule has 1 heterocycles. The van der Waals surface area contributed by atoms with Gasteiger partial charge in [0.2, 0.25) is 5.91 Å². The van der Waals surface area contributed by atoms with E-state index in [4.69, 9.17) is 0 Å². The highest BCUT2D eigenvalue weighted by Gasteiger charge is 2.45. The van der Waals surface area contributed by atoms with Gasteiger partial charge in [0.25, 0.3) is 0 Å². The van der Waals surface area contributed by atoms with Crippen LogP contribution in [-0.4, -0.2) is 5.91 Å². The van der Waals surface area contributed by atoms with Crippen molar-refractivity contribution in [3.8, 4) is 44.5 Å². The van der Waals surface area contributed by atoms with Gasteiger partial charge < -0.3 is 0 Å². The summed E-state index contributed by atoms with van der Waals surface area (Å²) < 4.78 is 28.5. The largest absolute Gasteiger partial charge is 0.279 e. The summed E-state index contributed by atoms with van der Waals surface area (Å²) >= 11 is 0. The molecule has 0 atom stereocenters. The van der Waals surface area contributed by atoms with E-state index in [0.717, 1.165) is 50.1 Å². The third kappa shape index (κ3) is 4.29. The second kappa shape index (κ2) is 11.0. The van der Waals surface area contributed by atoms with E-state index in [1.54, 1.807) is 4.90 Å². The minimum absolute atomic E-state index is 0.0456. The lowest BCUT2D eigenvalue weighted by atomic mass is 9.78. The molecule has 7 aromatic carbocycles. The molecular formula is C44H33NO. The molecular weight excluding hydrogens is 558 g/mol. The highest BCUT2D eigenvalue weighted by molar-refractivity contribution is 6.25. The fourth-order valence-corrected chi connectivity index (χ4v) is 6.99. The average Bonchev–Trinajstić information content (AvgIpc) is 3.35. The van der Waals surface area contributed by atoms with Gasteiger partial charge in [0.15, 0.2) is 0 Å². The van der Waals surface area contributed by atoms with Gasteiger partial charge in [-0.15, -0.1) is 0 Å². The average molecular weight is 595 g/mol. The number of para-hydroxylation sites is 1. The second-order valence-electron chi connectivity index (χ2n) is 12.2. The number of amides is 1. The molecule has 0 radical (unpaired) electrons. The van der Waals surface area contributed by atoms with Gasteiger partial charge >= 0.3 is 0 Å². The molecule has 1 aliphatic rings. The van der Waals surface area contributed by atoms with Crippen LogP contribution >= 0.6 is 0 Å². The van der Waals surface area contributed by atoms with E-state index in [-0.39, 0.29) is 24.0 Å². The number of carbonyl (C=O) groups is 1. The first kappa shape index (κ1) is 24.6. The van der Waals surface area contributed by atoms with Crippen LogP contribution in [0.2, 0.25) is 0 Å². The maximum Gasteiger partial charge on any atom is 0.241 e. The van der Waals surface area contributed by atoms with Crippen molar-refractivity contribution >= 4 is 28.1 Å². The number of fused-ring (bicyclic) bond motifs is 2. The Kier molecular flexibility index (Phi) is 5.88. The Bertz CT molecular complexity index is 2390.